The summed E-state index contributed by atoms with van der Waals surface area (Å²) in [5.74, 6) is -0.254. The summed E-state index contributed by atoms with van der Waals surface area (Å²) in [7, 11) is 0. The minimum absolute atomic E-state index is 0.254. The second-order valence-corrected chi connectivity index (χ2v) is 22.9. The number of carbonyl (C=O) groups excluding carboxylic acids is 1. The van der Waals surface area contributed by atoms with Crippen molar-refractivity contribution in [2.24, 2.45) is 0 Å². The molecule has 470 valence electrons. The Bertz CT molecular complexity index is 1630. The molecule has 0 radical (unpaired) electrons. The molecule has 0 aromatic carbocycles. The van der Waals surface area contributed by atoms with Crippen molar-refractivity contribution in [1.82, 2.24) is 5.32 Å². The van der Waals surface area contributed by atoms with Crippen LogP contribution in [0.5, 0.6) is 0 Å². The van der Waals surface area contributed by atoms with Gasteiger partial charge in [0, 0.05) is 6.42 Å². The summed E-state index contributed by atoms with van der Waals surface area (Å²) in [6, 6.07) is -0.940. The number of aliphatic hydroxyl groups is 8. The molecular formula is C67H119NO13. The van der Waals surface area contributed by atoms with Crippen molar-refractivity contribution in [2.75, 3.05) is 19.8 Å². The largest absolute Gasteiger partial charge is 0.394 e. The predicted octanol–water partition coefficient (Wildman–Crippen LogP) is 12.3. The monoisotopic (exact) mass is 1150 g/mol. The molecule has 12 atom stereocenters. The summed E-state index contributed by atoms with van der Waals surface area (Å²) in [4.78, 5) is 13.3. The Labute approximate surface area is 491 Å². The number of hydrogen-bond donors (Lipinski definition) is 9. The van der Waals surface area contributed by atoms with Gasteiger partial charge < -0.3 is 65.1 Å². The standard InChI is InChI=1S/C67H119NO13/c1-3-5-7-9-11-13-15-17-19-21-22-23-24-25-26-27-28-29-30-31-32-33-34-35-37-39-41-43-45-47-49-51-59(72)68-55(56(71)50-48-46-44-42-40-38-36-20-18-16-14-12-10-8-6-4-2)54-78-66-64(77)62(75)65(58(53-70)80-66)81-67-63(76)61(74)60(73)57(52-69)79-67/h15,17-18,20-22,24-25,40,42,48,50,55-58,60-67,69-71,73-77H,3-14,16,19,23,26-39,41,43-47,49,51-54H2,1-2H3,(H,68,72)/b17-15-,20-18+,22-21-,25-24-,42-40+,50-48+. The Kier molecular flexibility index (Phi) is 47.7. The smallest absolute Gasteiger partial charge is 0.220 e. The number of hydrogen-bond acceptors (Lipinski definition) is 13. The molecule has 0 aliphatic carbocycles. The molecule has 2 heterocycles. The third-order valence-corrected chi connectivity index (χ3v) is 15.6. The maximum Gasteiger partial charge on any atom is 0.220 e. The SMILES string of the molecule is CCCCCCC/C=C\C/C=C\C/C=C\CCCCCCCCCCCCCCCCCCC(=O)NC(COC1OC(CO)C(OC2OC(CO)C(O)C(O)C2O)C(O)C1O)C(O)/C=C/CC/C=C/CC/C=C/CCCCCCCC. The van der Waals surface area contributed by atoms with E-state index in [1.807, 2.05) is 6.08 Å². The van der Waals surface area contributed by atoms with E-state index in [1.54, 1.807) is 6.08 Å². The van der Waals surface area contributed by atoms with Crippen LogP contribution in [-0.4, -0.2) is 140 Å². The number of rotatable bonds is 52. The van der Waals surface area contributed by atoms with Crippen LogP contribution in [0.1, 0.15) is 251 Å². The fourth-order valence-corrected chi connectivity index (χ4v) is 10.3. The molecule has 0 aromatic rings. The lowest BCUT2D eigenvalue weighted by atomic mass is 9.97. The molecule has 14 nitrogen and oxygen atoms in total. The molecule has 0 bridgehead atoms. The van der Waals surface area contributed by atoms with Gasteiger partial charge in [0.15, 0.2) is 12.6 Å². The Morgan fingerprint density at radius 1 is 0.444 bits per heavy atom. The highest BCUT2D eigenvalue weighted by molar-refractivity contribution is 5.76. The van der Waals surface area contributed by atoms with E-state index in [-0.39, 0.29) is 18.9 Å². The van der Waals surface area contributed by atoms with Crippen LogP contribution in [0.15, 0.2) is 72.9 Å². The number of carbonyl (C=O) groups is 1. The lowest BCUT2D eigenvalue weighted by Gasteiger charge is -2.46. The van der Waals surface area contributed by atoms with Crippen LogP contribution in [0.2, 0.25) is 0 Å². The number of unbranched alkanes of at least 4 members (excludes halogenated alkanes) is 29. The van der Waals surface area contributed by atoms with E-state index in [0.29, 0.717) is 12.8 Å². The summed E-state index contributed by atoms with van der Waals surface area (Å²) in [5.41, 5.74) is 0. The van der Waals surface area contributed by atoms with Crippen molar-refractivity contribution in [2.45, 2.75) is 325 Å². The number of aliphatic hydroxyl groups excluding tert-OH is 8. The molecule has 2 saturated heterocycles. The van der Waals surface area contributed by atoms with Gasteiger partial charge in [-0.15, -0.1) is 0 Å². The summed E-state index contributed by atoms with van der Waals surface area (Å²) in [5, 5.41) is 87.2. The summed E-state index contributed by atoms with van der Waals surface area (Å²) in [6.07, 6.45) is 52.4. The fourth-order valence-electron chi connectivity index (χ4n) is 10.3. The minimum atomic E-state index is -1.79. The molecule has 12 unspecified atom stereocenters. The third kappa shape index (κ3) is 36.8. The number of nitrogens with one attached hydrogen (secondary N) is 1. The number of amides is 1. The van der Waals surface area contributed by atoms with Crippen LogP contribution in [0.3, 0.4) is 0 Å². The van der Waals surface area contributed by atoms with E-state index in [0.717, 1.165) is 57.8 Å². The Morgan fingerprint density at radius 2 is 0.827 bits per heavy atom. The molecule has 2 fully saturated rings. The van der Waals surface area contributed by atoms with Crippen LogP contribution in [0.25, 0.3) is 0 Å². The van der Waals surface area contributed by atoms with Crippen LogP contribution < -0.4 is 5.32 Å². The maximum absolute atomic E-state index is 13.3. The van der Waals surface area contributed by atoms with Gasteiger partial charge >= 0.3 is 0 Å². The Balaban J connectivity index is 1.68. The molecule has 2 aliphatic rings. The quantitative estimate of drug-likeness (QED) is 0.0204. The molecule has 2 rings (SSSR count). The van der Waals surface area contributed by atoms with E-state index in [9.17, 15) is 45.6 Å². The molecule has 81 heavy (non-hydrogen) atoms. The zero-order valence-electron chi connectivity index (χ0n) is 50.8. The Hall–Kier alpha value is -2.57. The van der Waals surface area contributed by atoms with Gasteiger partial charge in [0.05, 0.1) is 32.0 Å². The van der Waals surface area contributed by atoms with Crippen LogP contribution in [0.4, 0.5) is 0 Å². The van der Waals surface area contributed by atoms with Crippen molar-refractivity contribution in [1.29, 1.82) is 0 Å². The van der Waals surface area contributed by atoms with Gasteiger partial charge in [0.25, 0.3) is 0 Å². The van der Waals surface area contributed by atoms with Crippen molar-refractivity contribution in [3.05, 3.63) is 72.9 Å². The van der Waals surface area contributed by atoms with Crippen LogP contribution in [-0.2, 0) is 23.7 Å². The molecule has 14 heteroatoms. The van der Waals surface area contributed by atoms with Gasteiger partial charge in [0.1, 0.15) is 48.8 Å². The molecule has 2 aliphatic heterocycles. The van der Waals surface area contributed by atoms with Crippen LogP contribution >= 0.6 is 0 Å². The highest BCUT2D eigenvalue weighted by Gasteiger charge is 2.51. The van der Waals surface area contributed by atoms with E-state index in [4.69, 9.17) is 18.9 Å². The van der Waals surface area contributed by atoms with Gasteiger partial charge in [-0.2, -0.15) is 0 Å². The van der Waals surface area contributed by atoms with Crippen LogP contribution in [0, 0.1) is 0 Å². The molecule has 0 aromatic heterocycles. The lowest BCUT2D eigenvalue weighted by Crippen LogP contribution is -2.65. The predicted molar refractivity (Wildman–Crippen MR) is 327 cm³/mol. The second-order valence-electron chi connectivity index (χ2n) is 22.9. The highest BCUT2D eigenvalue weighted by atomic mass is 16.7. The fraction of sp³-hybridized carbons (Fsp3) is 0.806. The average molecular weight is 1150 g/mol. The third-order valence-electron chi connectivity index (χ3n) is 15.6. The van der Waals surface area contributed by atoms with Gasteiger partial charge in [-0.25, -0.2) is 0 Å². The highest BCUT2D eigenvalue weighted by Crippen LogP contribution is 2.30. The van der Waals surface area contributed by atoms with Gasteiger partial charge in [-0.1, -0.05) is 234 Å². The second kappa shape index (κ2) is 51.8. The van der Waals surface area contributed by atoms with E-state index in [1.165, 1.54) is 161 Å². The van der Waals surface area contributed by atoms with Crippen molar-refractivity contribution in [3.63, 3.8) is 0 Å². The molecule has 0 saturated carbocycles. The van der Waals surface area contributed by atoms with E-state index < -0.39 is 86.8 Å². The van der Waals surface area contributed by atoms with Gasteiger partial charge in [-0.05, 0) is 83.5 Å². The molecule has 9 N–H and O–H groups in total. The van der Waals surface area contributed by atoms with Crippen molar-refractivity contribution >= 4 is 5.91 Å². The van der Waals surface area contributed by atoms with Crippen molar-refractivity contribution < 1.29 is 64.6 Å². The first kappa shape index (κ1) is 74.5. The first-order valence-electron chi connectivity index (χ1n) is 32.7. The number of ether oxygens (including phenoxy) is 4. The lowest BCUT2D eigenvalue weighted by molar-refractivity contribution is -0.359. The van der Waals surface area contributed by atoms with E-state index in [2.05, 4.69) is 79.9 Å². The first-order chi connectivity index (χ1) is 39.6. The minimum Gasteiger partial charge on any atom is -0.394 e. The topological polar surface area (TPSA) is 228 Å². The summed E-state index contributed by atoms with van der Waals surface area (Å²) >= 11 is 0. The normalized spacial score (nSPS) is 24.6. The Morgan fingerprint density at radius 3 is 1.30 bits per heavy atom. The average Bonchev–Trinajstić information content (AvgIpc) is 3.47. The summed E-state index contributed by atoms with van der Waals surface area (Å²) < 4.78 is 22.8. The number of allylic oxidation sites excluding steroid dienone is 11. The van der Waals surface area contributed by atoms with Crippen molar-refractivity contribution in [3.8, 4) is 0 Å². The first-order valence-corrected chi connectivity index (χ1v) is 32.7. The molecular weight excluding hydrogens is 1030 g/mol. The maximum atomic E-state index is 13.3. The van der Waals surface area contributed by atoms with Gasteiger partial charge in [0.2, 0.25) is 5.91 Å². The zero-order valence-corrected chi connectivity index (χ0v) is 50.8. The van der Waals surface area contributed by atoms with Gasteiger partial charge in [-0.3, -0.25) is 4.79 Å². The van der Waals surface area contributed by atoms with E-state index >= 15 is 0 Å². The summed E-state index contributed by atoms with van der Waals surface area (Å²) in [6.45, 7) is 2.76. The molecule has 0 spiro atoms. The molecule has 1 amide bonds. The zero-order chi connectivity index (χ0) is 58.8.